The Hall–Kier alpha value is -3.12. The van der Waals surface area contributed by atoms with Crippen LogP contribution in [0.3, 0.4) is 0 Å². The van der Waals surface area contributed by atoms with Crippen molar-refractivity contribution in [1.29, 1.82) is 0 Å². The van der Waals surface area contributed by atoms with Crippen molar-refractivity contribution in [3.8, 4) is 5.88 Å². The number of nitrogens with zero attached hydrogens (tertiary/aromatic N) is 5. The van der Waals surface area contributed by atoms with E-state index in [2.05, 4.69) is 19.3 Å². The van der Waals surface area contributed by atoms with Crippen LogP contribution in [0.1, 0.15) is 5.56 Å². The molecule has 0 spiro atoms. The minimum atomic E-state index is -0.522. The fourth-order valence-corrected chi connectivity index (χ4v) is 2.86. The Balaban J connectivity index is 1.52. The second-order valence-corrected chi connectivity index (χ2v) is 5.92. The SMILES string of the molecule is O=C(COc1nsnc1N1CCOCC1)N/N=C\c1ccccc1[N+](=O)[O-]. The van der Waals surface area contributed by atoms with Crippen molar-refractivity contribution in [3.63, 3.8) is 0 Å². The number of hydrogen-bond acceptors (Lipinski definition) is 10. The third kappa shape index (κ3) is 4.95. The average Bonchev–Trinajstić information content (AvgIpc) is 3.16. The van der Waals surface area contributed by atoms with Gasteiger partial charge in [-0.1, -0.05) is 12.1 Å². The summed E-state index contributed by atoms with van der Waals surface area (Å²) >= 11 is 0.998. The summed E-state index contributed by atoms with van der Waals surface area (Å²) in [6.07, 6.45) is 1.21. The molecule has 0 bridgehead atoms. The number of hydrazone groups is 1. The number of nitro benzene ring substituents is 1. The largest absolute Gasteiger partial charge is 0.464 e. The molecule has 0 atom stereocenters. The Morgan fingerprint density at radius 1 is 1.41 bits per heavy atom. The van der Waals surface area contributed by atoms with Crippen LogP contribution in [0.25, 0.3) is 0 Å². The summed E-state index contributed by atoms with van der Waals surface area (Å²) < 4.78 is 19.0. The van der Waals surface area contributed by atoms with E-state index in [0.29, 0.717) is 32.1 Å². The molecule has 1 N–H and O–H groups in total. The van der Waals surface area contributed by atoms with Crippen LogP contribution in [0, 0.1) is 10.1 Å². The Bertz CT molecular complexity index is 836. The lowest BCUT2D eigenvalue weighted by molar-refractivity contribution is -0.385. The number of rotatable bonds is 7. The molecule has 11 nitrogen and oxygen atoms in total. The van der Waals surface area contributed by atoms with Crippen LogP contribution >= 0.6 is 11.7 Å². The van der Waals surface area contributed by atoms with Gasteiger partial charge in [0.15, 0.2) is 6.61 Å². The number of morpholine rings is 1. The van der Waals surface area contributed by atoms with Crippen molar-refractivity contribution >= 4 is 35.4 Å². The monoisotopic (exact) mass is 392 g/mol. The predicted octanol–water partition coefficient (Wildman–Crippen LogP) is 0.812. The summed E-state index contributed by atoms with van der Waals surface area (Å²) in [5.41, 5.74) is 2.44. The van der Waals surface area contributed by atoms with Gasteiger partial charge in [-0.15, -0.1) is 4.37 Å². The maximum absolute atomic E-state index is 11.9. The van der Waals surface area contributed by atoms with E-state index in [1.165, 1.54) is 18.3 Å². The van der Waals surface area contributed by atoms with Gasteiger partial charge in [0.05, 0.1) is 41.6 Å². The molecular weight excluding hydrogens is 376 g/mol. The summed E-state index contributed by atoms with van der Waals surface area (Å²) in [5.74, 6) is 0.338. The topological polar surface area (TPSA) is 132 Å². The van der Waals surface area contributed by atoms with Crippen LogP contribution in [0.15, 0.2) is 29.4 Å². The van der Waals surface area contributed by atoms with Crippen LogP contribution in [0.4, 0.5) is 11.5 Å². The van der Waals surface area contributed by atoms with E-state index >= 15 is 0 Å². The summed E-state index contributed by atoms with van der Waals surface area (Å²) in [6, 6.07) is 6.08. The first-order valence-electron chi connectivity index (χ1n) is 7.98. The maximum Gasteiger partial charge on any atom is 0.278 e. The highest BCUT2D eigenvalue weighted by Crippen LogP contribution is 2.26. The highest BCUT2D eigenvalue weighted by atomic mass is 32.1. The standard InChI is InChI=1S/C15H16N6O5S/c22-13(17-16-9-11-3-1-2-4-12(11)21(23)24)10-26-15-14(18-27-19-15)20-5-7-25-8-6-20/h1-4,9H,5-8,10H2,(H,17,22)/b16-9-. The molecule has 1 aliphatic heterocycles. The van der Waals surface area contributed by atoms with Crippen LogP contribution < -0.4 is 15.1 Å². The molecule has 2 aromatic rings. The molecule has 0 unspecified atom stereocenters. The molecule has 1 fully saturated rings. The first kappa shape index (κ1) is 18.7. The molecule has 27 heavy (non-hydrogen) atoms. The van der Waals surface area contributed by atoms with E-state index in [1.54, 1.807) is 12.1 Å². The lowest BCUT2D eigenvalue weighted by Gasteiger charge is -2.26. The number of nitrogens with one attached hydrogen (secondary N) is 1. The van der Waals surface area contributed by atoms with E-state index < -0.39 is 10.8 Å². The van der Waals surface area contributed by atoms with E-state index in [1.807, 2.05) is 4.90 Å². The van der Waals surface area contributed by atoms with Gasteiger partial charge in [-0.3, -0.25) is 14.9 Å². The van der Waals surface area contributed by atoms with Gasteiger partial charge in [-0.2, -0.15) is 9.47 Å². The third-order valence-electron chi connectivity index (χ3n) is 3.62. The fourth-order valence-electron chi connectivity index (χ4n) is 2.34. The predicted molar refractivity (Wildman–Crippen MR) is 97.3 cm³/mol. The number of amides is 1. The first-order chi connectivity index (χ1) is 13.1. The maximum atomic E-state index is 11.9. The van der Waals surface area contributed by atoms with Crippen LogP contribution in [-0.4, -0.2) is 58.7 Å². The van der Waals surface area contributed by atoms with Gasteiger partial charge in [0.25, 0.3) is 17.5 Å². The van der Waals surface area contributed by atoms with Gasteiger partial charge in [-0.25, -0.2) is 5.43 Å². The lowest BCUT2D eigenvalue weighted by atomic mass is 10.2. The van der Waals surface area contributed by atoms with E-state index in [0.717, 1.165) is 11.7 Å². The lowest BCUT2D eigenvalue weighted by Crippen LogP contribution is -2.36. The minimum absolute atomic E-state index is 0.101. The normalized spacial score (nSPS) is 14.3. The molecule has 0 radical (unpaired) electrons. The highest BCUT2D eigenvalue weighted by Gasteiger charge is 2.20. The Kier molecular flexibility index (Phi) is 6.22. The zero-order valence-corrected chi connectivity index (χ0v) is 14.9. The van der Waals surface area contributed by atoms with E-state index in [9.17, 15) is 14.9 Å². The van der Waals surface area contributed by atoms with Gasteiger partial charge in [0.2, 0.25) is 5.82 Å². The number of anilines is 1. The Morgan fingerprint density at radius 3 is 2.96 bits per heavy atom. The molecular formula is C15H16N6O5S. The number of aromatic nitrogens is 2. The number of benzene rings is 1. The van der Waals surface area contributed by atoms with Crippen molar-refractivity contribution in [3.05, 3.63) is 39.9 Å². The first-order valence-corrected chi connectivity index (χ1v) is 8.71. The van der Waals surface area contributed by atoms with Crippen molar-refractivity contribution in [1.82, 2.24) is 14.2 Å². The summed E-state index contributed by atoms with van der Waals surface area (Å²) in [4.78, 5) is 24.3. The van der Waals surface area contributed by atoms with Crippen LogP contribution in [-0.2, 0) is 9.53 Å². The van der Waals surface area contributed by atoms with Gasteiger partial charge in [0, 0.05) is 19.2 Å². The summed E-state index contributed by atoms with van der Waals surface area (Å²) in [6.45, 7) is 2.23. The molecule has 1 aromatic carbocycles. The van der Waals surface area contributed by atoms with Gasteiger partial charge in [-0.05, 0) is 6.07 Å². The van der Waals surface area contributed by atoms with Crippen molar-refractivity contribution in [2.75, 3.05) is 37.8 Å². The molecule has 1 amide bonds. The zero-order valence-electron chi connectivity index (χ0n) is 14.1. The van der Waals surface area contributed by atoms with Gasteiger partial charge in [0.1, 0.15) is 0 Å². The molecule has 142 valence electrons. The molecule has 1 aliphatic rings. The molecule has 2 heterocycles. The molecule has 0 saturated carbocycles. The Morgan fingerprint density at radius 2 is 2.19 bits per heavy atom. The fraction of sp³-hybridized carbons (Fsp3) is 0.333. The number of para-hydroxylation sites is 1. The van der Waals surface area contributed by atoms with Crippen molar-refractivity contribution < 1.29 is 19.2 Å². The van der Waals surface area contributed by atoms with Crippen molar-refractivity contribution in [2.24, 2.45) is 5.10 Å². The molecule has 12 heteroatoms. The number of nitro groups is 1. The molecule has 0 aliphatic carbocycles. The number of hydrogen-bond donors (Lipinski definition) is 1. The highest BCUT2D eigenvalue weighted by molar-refractivity contribution is 6.99. The zero-order chi connectivity index (χ0) is 19.1. The second kappa shape index (κ2) is 9.00. The quantitative estimate of drug-likeness (QED) is 0.416. The number of carbonyl (C=O) groups is 1. The number of ether oxygens (including phenoxy) is 2. The van der Waals surface area contributed by atoms with Crippen LogP contribution in [0.2, 0.25) is 0 Å². The van der Waals surface area contributed by atoms with Crippen molar-refractivity contribution in [2.45, 2.75) is 0 Å². The average molecular weight is 392 g/mol. The van der Waals surface area contributed by atoms with Crippen LogP contribution in [0.5, 0.6) is 5.88 Å². The molecule has 1 saturated heterocycles. The smallest absolute Gasteiger partial charge is 0.278 e. The molecule has 3 rings (SSSR count). The minimum Gasteiger partial charge on any atom is -0.464 e. The summed E-state index contributed by atoms with van der Waals surface area (Å²) in [5, 5.41) is 14.7. The third-order valence-corrected chi connectivity index (χ3v) is 4.12. The second-order valence-electron chi connectivity index (χ2n) is 5.39. The van der Waals surface area contributed by atoms with E-state index in [4.69, 9.17) is 9.47 Å². The number of carbonyl (C=O) groups excluding carboxylic acids is 1. The van der Waals surface area contributed by atoms with Gasteiger partial charge < -0.3 is 14.4 Å². The van der Waals surface area contributed by atoms with Gasteiger partial charge >= 0.3 is 0 Å². The van der Waals surface area contributed by atoms with E-state index in [-0.39, 0.29) is 23.7 Å². The Labute approximate surface area is 158 Å². The molecule has 1 aromatic heterocycles. The summed E-state index contributed by atoms with van der Waals surface area (Å²) in [7, 11) is 0.